The lowest BCUT2D eigenvalue weighted by Gasteiger charge is -2.13. The Kier molecular flexibility index (Phi) is 4.28. The van der Waals surface area contributed by atoms with Crippen molar-refractivity contribution in [2.75, 3.05) is 0 Å². The molecule has 6 aromatic rings. The number of aromatic nitrogens is 3. The largest absolute Gasteiger partial charge is 0.490 e. The fourth-order valence-corrected chi connectivity index (χ4v) is 4.44. The van der Waals surface area contributed by atoms with Gasteiger partial charge in [-0.1, -0.05) is 84.9 Å². The summed E-state index contributed by atoms with van der Waals surface area (Å²) < 4.78 is 1.93. The van der Waals surface area contributed by atoms with Crippen LogP contribution in [0.4, 0.5) is 0 Å². The minimum Gasteiger partial charge on any atom is -0.423 e. The lowest BCUT2D eigenvalue weighted by molar-refractivity contribution is 0.426. The summed E-state index contributed by atoms with van der Waals surface area (Å²) in [6.07, 6.45) is 0. The standard InChI is InChI=1S/C26H18BN3O2/c31-27(32)21-14-8-13-19-18-11-5-7-16-23(18)30(25(19)21)26-28-22-15-6-4-12-20(22)24(29-26)17-9-2-1-3-10-17/h1-16,31-32H. The number of benzene rings is 4. The summed E-state index contributed by atoms with van der Waals surface area (Å²) in [6.45, 7) is 0. The number of nitrogens with zero attached hydrogens (tertiary/aromatic N) is 3. The van der Waals surface area contributed by atoms with Crippen LogP contribution in [-0.4, -0.2) is 31.7 Å². The maximum absolute atomic E-state index is 10.1. The van der Waals surface area contributed by atoms with Gasteiger partial charge in [0.2, 0.25) is 5.95 Å². The zero-order chi connectivity index (χ0) is 21.7. The Bertz CT molecular complexity index is 1610. The molecule has 0 saturated carbocycles. The number of para-hydroxylation sites is 3. The Morgan fingerprint density at radius 2 is 1.31 bits per heavy atom. The van der Waals surface area contributed by atoms with E-state index >= 15 is 0 Å². The molecule has 0 spiro atoms. The fourth-order valence-electron chi connectivity index (χ4n) is 4.44. The SMILES string of the molecule is OB(O)c1cccc2c3ccccc3n(-c3nc(-c4ccccc4)c4ccccc4n3)c12. The molecule has 2 aromatic heterocycles. The third-order valence-electron chi connectivity index (χ3n) is 5.84. The van der Waals surface area contributed by atoms with Gasteiger partial charge in [0, 0.05) is 27.2 Å². The summed E-state index contributed by atoms with van der Waals surface area (Å²) in [7, 11) is -1.61. The number of hydrogen-bond acceptors (Lipinski definition) is 4. The van der Waals surface area contributed by atoms with E-state index in [1.54, 1.807) is 6.07 Å². The van der Waals surface area contributed by atoms with E-state index in [2.05, 4.69) is 0 Å². The van der Waals surface area contributed by atoms with Gasteiger partial charge in [-0.05, 0) is 12.1 Å². The summed E-state index contributed by atoms with van der Waals surface area (Å²) in [6, 6.07) is 31.5. The number of hydrogen-bond donors (Lipinski definition) is 2. The van der Waals surface area contributed by atoms with Crippen LogP contribution < -0.4 is 5.46 Å². The molecule has 0 saturated heterocycles. The fraction of sp³-hybridized carbons (Fsp3) is 0. The maximum atomic E-state index is 10.1. The molecule has 5 nitrogen and oxygen atoms in total. The van der Waals surface area contributed by atoms with E-state index in [0.29, 0.717) is 16.9 Å². The van der Waals surface area contributed by atoms with E-state index in [1.807, 2.05) is 95.6 Å². The highest BCUT2D eigenvalue weighted by Crippen LogP contribution is 2.32. The molecular weight excluding hydrogens is 397 g/mol. The van der Waals surface area contributed by atoms with Crippen molar-refractivity contribution in [2.24, 2.45) is 0 Å². The molecule has 0 bridgehead atoms. The predicted molar refractivity (Wildman–Crippen MR) is 129 cm³/mol. The van der Waals surface area contributed by atoms with Crippen molar-refractivity contribution in [1.29, 1.82) is 0 Å². The Hall–Kier alpha value is -4.00. The first-order valence-electron chi connectivity index (χ1n) is 10.4. The second-order valence-corrected chi connectivity index (χ2v) is 7.73. The van der Waals surface area contributed by atoms with E-state index in [0.717, 1.165) is 38.4 Å². The third kappa shape index (κ3) is 2.81. The molecule has 2 heterocycles. The molecule has 0 aliphatic rings. The Labute approximate surface area is 184 Å². The van der Waals surface area contributed by atoms with Crippen LogP contribution in [0.15, 0.2) is 97.1 Å². The van der Waals surface area contributed by atoms with Gasteiger partial charge in [0.05, 0.1) is 22.2 Å². The molecule has 0 radical (unpaired) electrons. The van der Waals surface area contributed by atoms with Crippen molar-refractivity contribution in [2.45, 2.75) is 0 Å². The molecule has 32 heavy (non-hydrogen) atoms. The summed E-state index contributed by atoms with van der Waals surface area (Å²) in [5.74, 6) is 0.488. The quantitative estimate of drug-likeness (QED) is 0.428. The van der Waals surface area contributed by atoms with Crippen molar-refractivity contribution < 1.29 is 10.0 Å². The molecule has 152 valence electrons. The van der Waals surface area contributed by atoms with Crippen molar-refractivity contribution in [1.82, 2.24) is 14.5 Å². The summed E-state index contributed by atoms with van der Waals surface area (Å²) in [4.78, 5) is 9.90. The highest BCUT2D eigenvalue weighted by Gasteiger charge is 2.23. The van der Waals surface area contributed by atoms with Crippen LogP contribution in [0.5, 0.6) is 0 Å². The van der Waals surface area contributed by atoms with E-state index in [4.69, 9.17) is 9.97 Å². The molecule has 6 rings (SSSR count). The van der Waals surface area contributed by atoms with Crippen LogP contribution in [0.2, 0.25) is 0 Å². The molecule has 6 heteroatoms. The van der Waals surface area contributed by atoms with Crippen molar-refractivity contribution >= 4 is 45.3 Å². The minimum absolute atomic E-state index is 0.414. The Balaban J connectivity index is 1.78. The van der Waals surface area contributed by atoms with Crippen LogP contribution in [0, 0.1) is 0 Å². The van der Waals surface area contributed by atoms with Crippen molar-refractivity contribution in [3.8, 4) is 17.2 Å². The van der Waals surface area contributed by atoms with Crippen LogP contribution >= 0.6 is 0 Å². The first kappa shape index (κ1) is 18.7. The van der Waals surface area contributed by atoms with Gasteiger partial charge in [-0.25, -0.2) is 9.97 Å². The van der Waals surface area contributed by atoms with Crippen LogP contribution in [0.25, 0.3) is 49.9 Å². The summed E-state index contributed by atoms with van der Waals surface area (Å²) >= 11 is 0. The predicted octanol–water partition coefficient (Wildman–Crippen LogP) is 4.07. The van der Waals surface area contributed by atoms with Crippen LogP contribution in [0.1, 0.15) is 0 Å². The van der Waals surface area contributed by atoms with Gasteiger partial charge in [0.25, 0.3) is 0 Å². The van der Waals surface area contributed by atoms with Gasteiger partial charge in [0.15, 0.2) is 0 Å². The maximum Gasteiger partial charge on any atom is 0.490 e. The summed E-state index contributed by atoms with van der Waals surface area (Å²) in [5.41, 5.74) is 4.67. The molecule has 0 aliphatic heterocycles. The highest BCUT2D eigenvalue weighted by atomic mass is 16.4. The Morgan fingerprint density at radius 1 is 0.625 bits per heavy atom. The molecular formula is C26H18BN3O2. The number of fused-ring (bicyclic) bond motifs is 4. The summed E-state index contributed by atoms with van der Waals surface area (Å²) in [5, 5.41) is 23.1. The normalized spacial score (nSPS) is 11.4. The zero-order valence-corrected chi connectivity index (χ0v) is 17.1. The lowest BCUT2D eigenvalue weighted by atomic mass is 9.79. The van der Waals surface area contributed by atoms with E-state index in [1.165, 1.54) is 0 Å². The van der Waals surface area contributed by atoms with Crippen LogP contribution in [-0.2, 0) is 0 Å². The first-order chi connectivity index (χ1) is 15.7. The average Bonchev–Trinajstić information content (AvgIpc) is 3.18. The molecule has 0 fully saturated rings. The topological polar surface area (TPSA) is 71.2 Å². The second kappa shape index (κ2) is 7.30. The lowest BCUT2D eigenvalue weighted by Crippen LogP contribution is -2.31. The molecule has 2 N–H and O–H groups in total. The van der Waals surface area contributed by atoms with Gasteiger partial charge in [-0.15, -0.1) is 0 Å². The van der Waals surface area contributed by atoms with E-state index in [-0.39, 0.29) is 0 Å². The van der Waals surface area contributed by atoms with E-state index in [9.17, 15) is 10.0 Å². The van der Waals surface area contributed by atoms with Gasteiger partial charge in [-0.3, -0.25) is 4.57 Å². The molecule has 4 aromatic carbocycles. The molecule has 0 amide bonds. The molecule has 0 atom stereocenters. The van der Waals surface area contributed by atoms with Gasteiger partial charge >= 0.3 is 7.12 Å². The Morgan fingerprint density at radius 3 is 2.12 bits per heavy atom. The molecule has 0 aliphatic carbocycles. The smallest absolute Gasteiger partial charge is 0.423 e. The van der Waals surface area contributed by atoms with Gasteiger partial charge in [0.1, 0.15) is 0 Å². The average molecular weight is 415 g/mol. The van der Waals surface area contributed by atoms with Crippen LogP contribution in [0.3, 0.4) is 0 Å². The van der Waals surface area contributed by atoms with Crippen molar-refractivity contribution in [3.63, 3.8) is 0 Å². The van der Waals surface area contributed by atoms with Gasteiger partial charge < -0.3 is 10.0 Å². The van der Waals surface area contributed by atoms with E-state index < -0.39 is 7.12 Å². The minimum atomic E-state index is -1.61. The second-order valence-electron chi connectivity index (χ2n) is 7.73. The third-order valence-corrected chi connectivity index (χ3v) is 5.84. The molecule has 0 unspecified atom stereocenters. The highest BCUT2D eigenvalue weighted by molar-refractivity contribution is 6.62. The zero-order valence-electron chi connectivity index (χ0n) is 17.1. The monoisotopic (exact) mass is 415 g/mol. The van der Waals surface area contributed by atoms with Gasteiger partial charge in [-0.2, -0.15) is 0 Å². The number of rotatable bonds is 3. The first-order valence-corrected chi connectivity index (χ1v) is 10.4. The van der Waals surface area contributed by atoms with Crippen molar-refractivity contribution in [3.05, 3.63) is 97.1 Å².